The number of aryl methyl sites for hydroxylation is 2. The van der Waals surface area contributed by atoms with Crippen LogP contribution in [-0.4, -0.2) is 41.9 Å². The quantitative estimate of drug-likeness (QED) is 0.396. The molecular formula is C28H31N3O4. The second-order valence-electron chi connectivity index (χ2n) is 8.08. The van der Waals surface area contributed by atoms with Crippen LogP contribution in [0.5, 0.6) is 5.75 Å². The number of aliphatic carboxylic acids is 1. The summed E-state index contributed by atoms with van der Waals surface area (Å²) in [5.41, 5.74) is 5.91. The number of carbonyl (C=O) groups is 2. The van der Waals surface area contributed by atoms with E-state index in [2.05, 4.69) is 14.9 Å². The van der Waals surface area contributed by atoms with Crippen LogP contribution in [0, 0.1) is 6.92 Å². The number of rotatable bonds is 10. The maximum Gasteiger partial charge on any atom is 0.303 e. The van der Waals surface area contributed by atoms with Gasteiger partial charge in [-0.3, -0.25) is 14.6 Å². The van der Waals surface area contributed by atoms with Gasteiger partial charge in [0.05, 0.1) is 19.2 Å². The van der Waals surface area contributed by atoms with E-state index < -0.39 is 5.97 Å². The Kier molecular flexibility index (Phi) is 8.62. The highest BCUT2D eigenvalue weighted by Crippen LogP contribution is 2.30. The predicted molar refractivity (Wildman–Crippen MR) is 139 cm³/mol. The van der Waals surface area contributed by atoms with E-state index in [1.54, 1.807) is 32.5 Å². The molecule has 0 bridgehead atoms. The lowest BCUT2D eigenvalue weighted by molar-refractivity contribution is -0.136. The molecular weight excluding hydrogens is 442 g/mol. The monoisotopic (exact) mass is 473 g/mol. The summed E-state index contributed by atoms with van der Waals surface area (Å²) in [7, 11) is 3.30. The average Bonchev–Trinajstić information content (AvgIpc) is 3.28. The van der Waals surface area contributed by atoms with Crippen LogP contribution in [0.2, 0.25) is 0 Å². The van der Waals surface area contributed by atoms with Gasteiger partial charge in [-0.25, -0.2) is 0 Å². The first-order valence-corrected chi connectivity index (χ1v) is 11.5. The maximum atomic E-state index is 12.8. The number of ether oxygens (including phenoxy) is 1. The lowest BCUT2D eigenvalue weighted by Crippen LogP contribution is -2.23. The third kappa shape index (κ3) is 6.26. The lowest BCUT2D eigenvalue weighted by Gasteiger charge is -2.17. The largest absolute Gasteiger partial charge is 0.497 e. The van der Waals surface area contributed by atoms with E-state index in [0.29, 0.717) is 18.4 Å². The van der Waals surface area contributed by atoms with Crippen molar-refractivity contribution in [2.75, 3.05) is 14.2 Å². The van der Waals surface area contributed by atoms with E-state index in [1.807, 2.05) is 62.4 Å². The molecule has 182 valence electrons. The summed E-state index contributed by atoms with van der Waals surface area (Å²) in [5.74, 6) is -0.276. The Morgan fingerprint density at radius 3 is 2.46 bits per heavy atom. The molecule has 35 heavy (non-hydrogen) atoms. The minimum Gasteiger partial charge on any atom is -0.497 e. The van der Waals surface area contributed by atoms with Crippen molar-refractivity contribution in [1.29, 1.82) is 0 Å². The predicted octanol–water partition coefficient (Wildman–Crippen LogP) is 5.20. The third-order valence-corrected chi connectivity index (χ3v) is 5.72. The molecule has 1 amide bonds. The van der Waals surface area contributed by atoms with Gasteiger partial charge in [0.1, 0.15) is 5.75 Å². The normalized spacial score (nSPS) is 11.6. The summed E-state index contributed by atoms with van der Waals surface area (Å²) < 4.78 is 7.35. The number of methoxy groups -OCH3 is 1. The fraction of sp³-hybridized carbons (Fsp3) is 0.250. The number of nitrogens with zero attached hydrogens (tertiary/aromatic N) is 2. The smallest absolute Gasteiger partial charge is 0.303 e. The summed E-state index contributed by atoms with van der Waals surface area (Å²) in [6, 6.07) is 17.2. The van der Waals surface area contributed by atoms with Crippen molar-refractivity contribution < 1.29 is 19.4 Å². The Hall–Kier alpha value is -4.13. The molecule has 0 unspecified atom stereocenters. The fourth-order valence-corrected chi connectivity index (χ4v) is 3.86. The van der Waals surface area contributed by atoms with Crippen molar-refractivity contribution in [3.8, 4) is 22.7 Å². The van der Waals surface area contributed by atoms with E-state index in [-0.39, 0.29) is 12.3 Å². The number of hydrogen-bond acceptors (Lipinski definition) is 4. The first-order valence-electron chi connectivity index (χ1n) is 11.5. The number of carboxylic acids is 1. The van der Waals surface area contributed by atoms with Crippen LogP contribution in [0.25, 0.3) is 16.9 Å². The van der Waals surface area contributed by atoms with Gasteiger partial charge in [0.15, 0.2) is 0 Å². The van der Waals surface area contributed by atoms with Crippen molar-refractivity contribution in [2.24, 2.45) is 4.99 Å². The molecule has 0 aliphatic heterocycles. The van der Waals surface area contributed by atoms with Gasteiger partial charge >= 0.3 is 5.97 Å². The molecule has 0 saturated heterocycles. The van der Waals surface area contributed by atoms with E-state index in [1.165, 1.54) is 0 Å². The molecule has 0 atom stereocenters. The summed E-state index contributed by atoms with van der Waals surface area (Å²) in [4.78, 5) is 28.0. The molecule has 2 aromatic carbocycles. The molecule has 2 N–H and O–H groups in total. The average molecular weight is 474 g/mol. The van der Waals surface area contributed by atoms with Gasteiger partial charge < -0.3 is 19.7 Å². The lowest BCUT2D eigenvalue weighted by atomic mass is 10.1. The van der Waals surface area contributed by atoms with Crippen LogP contribution in [0.1, 0.15) is 41.4 Å². The van der Waals surface area contributed by atoms with E-state index in [4.69, 9.17) is 4.74 Å². The molecule has 0 fully saturated rings. The second kappa shape index (κ2) is 11.8. The number of nitrogens with one attached hydrogen (secondary N) is 1. The number of allylic oxidation sites excluding steroid dienone is 2. The van der Waals surface area contributed by atoms with E-state index in [0.717, 1.165) is 39.6 Å². The van der Waals surface area contributed by atoms with Crippen molar-refractivity contribution >= 4 is 18.1 Å². The van der Waals surface area contributed by atoms with Crippen LogP contribution in [-0.2, 0) is 11.2 Å². The molecule has 3 aromatic rings. The Bertz CT molecular complexity index is 1250. The summed E-state index contributed by atoms with van der Waals surface area (Å²) in [5, 5.41) is 12.2. The van der Waals surface area contributed by atoms with E-state index >= 15 is 0 Å². The molecule has 0 aliphatic rings. The highest BCUT2D eigenvalue weighted by molar-refractivity contribution is 5.96. The van der Waals surface area contributed by atoms with Crippen LogP contribution in [0.3, 0.4) is 0 Å². The molecule has 0 radical (unpaired) electrons. The first kappa shape index (κ1) is 25.5. The zero-order valence-electron chi connectivity index (χ0n) is 20.5. The van der Waals surface area contributed by atoms with Crippen LogP contribution >= 0.6 is 0 Å². The van der Waals surface area contributed by atoms with Crippen LogP contribution < -0.4 is 10.1 Å². The number of hydrogen-bond donors (Lipinski definition) is 2. The Labute approximate surface area is 205 Å². The maximum absolute atomic E-state index is 12.8. The molecule has 1 aromatic heterocycles. The minimum absolute atomic E-state index is 0.0266. The summed E-state index contributed by atoms with van der Waals surface area (Å²) >= 11 is 0. The van der Waals surface area contributed by atoms with Crippen molar-refractivity contribution in [3.05, 3.63) is 83.2 Å². The van der Waals surface area contributed by atoms with Gasteiger partial charge in [0.25, 0.3) is 5.91 Å². The number of aliphatic imine (C=N–C) groups is 1. The zero-order chi connectivity index (χ0) is 25.4. The van der Waals surface area contributed by atoms with Crippen molar-refractivity contribution in [2.45, 2.75) is 33.1 Å². The van der Waals surface area contributed by atoms with Crippen LogP contribution in [0.4, 0.5) is 0 Å². The Morgan fingerprint density at radius 2 is 1.86 bits per heavy atom. The Morgan fingerprint density at radius 1 is 1.11 bits per heavy atom. The second-order valence-corrected chi connectivity index (χ2v) is 8.08. The molecule has 3 rings (SSSR count). The van der Waals surface area contributed by atoms with E-state index in [9.17, 15) is 14.7 Å². The summed E-state index contributed by atoms with van der Waals surface area (Å²) in [6.45, 7) is 3.92. The molecule has 1 heterocycles. The number of benzene rings is 2. The van der Waals surface area contributed by atoms with Gasteiger partial charge in [0.2, 0.25) is 0 Å². The summed E-state index contributed by atoms with van der Waals surface area (Å²) in [6.07, 6.45) is 4.53. The number of aromatic nitrogens is 1. The third-order valence-electron chi connectivity index (χ3n) is 5.72. The van der Waals surface area contributed by atoms with Gasteiger partial charge in [0, 0.05) is 35.9 Å². The fourth-order valence-electron chi connectivity index (χ4n) is 3.86. The molecule has 0 spiro atoms. The zero-order valence-corrected chi connectivity index (χ0v) is 20.5. The SMILES string of the molecule is CC/C(=C\C=NC)NC(=O)c1ccc(-n2c(CCC(=O)O)ccc2-c2ccc(OC)cc2)c(C)c1. The van der Waals surface area contributed by atoms with Crippen molar-refractivity contribution in [1.82, 2.24) is 9.88 Å². The van der Waals surface area contributed by atoms with Gasteiger partial charge in [-0.05, 0) is 91.6 Å². The van der Waals surface area contributed by atoms with Crippen molar-refractivity contribution in [3.63, 3.8) is 0 Å². The number of carbonyl (C=O) groups excluding carboxylic acids is 1. The topological polar surface area (TPSA) is 92.9 Å². The molecule has 0 aliphatic carbocycles. The number of carboxylic acid groups (broad SMARTS) is 1. The standard InChI is InChI=1S/C28H31N3O4/c1-5-22(16-17-29-3)30-28(34)21-8-13-25(19(2)18-21)31-23(10-15-27(32)33)9-14-26(31)20-6-11-24(35-4)12-7-20/h6-9,11-14,16-18H,5,10,15H2,1-4H3,(H,30,34)(H,32,33)/b22-16+,29-17?. The number of amides is 1. The molecule has 7 heteroatoms. The molecule has 7 nitrogen and oxygen atoms in total. The Balaban J connectivity index is 2.01. The van der Waals surface area contributed by atoms with Crippen LogP contribution in [0.15, 0.2) is 71.4 Å². The first-order chi connectivity index (χ1) is 16.9. The van der Waals surface area contributed by atoms with Gasteiger partial charge in [-0.2, -0.15) is 0 Å². The van der Waals surface area contributed by atoms with Gasteiger partial charge in [-0.15, -0.1) is 0 Å². The highest BCUT2D eigenvalue weighted by atomic mass is 16.5. The molecule has 0 saturated carbocycles. The highest BCUT2D eigenvalue weighted by Gasteiger charge is 2.16. The minimum atomic E-state index is -0.847. The van der Waals surface area contributed by atoms with Gasteiger partial charge in [-0.1, -0.05) is 6.92 Å².